The van der Waals surface area contributed by atoms with Crippen LogP contribution in [-0.4, -0.2) is 6.61 Å². The fourth-order valence-corrected chi connectivity index (χ4v) is 6.09. The monoisotopic (exact) mass is 437 g/mol. The highest BCUT2D eigenvalue weighted by atomic mass is 31.1. The van der Waals surface area contributed by atoms with Crippen LogP contribution in [0.15, 0.2) is 115 Å². The van der Waals surface area contributed by atoms with Gasteiger partial charge >= 0.3 is 0 Å². The van der Waals surface area contributed by atoms with Gasteiger partial charge in [-0.15, -0.1) is 0 Å². The van der Waals surface area contributed by atoms with Crippen LogP contribution in [0.5, 0.6) is 0 Å². The normalized spacial score (nSPS) is 11.2. The molecular formula is C30H30OP. The summed E-state index contributed by atoms with van der Waals surface area (Å²) in [7, 11) is -0.598. The Kier molecular flexibility index (Phi) is 8.26. The van der Waals surface area contributed by atoms with Gasteiger partial charge in [0.2, 0.25) is 0 Å². The van der Waals surface area contributed by atoms with Gasteiger partial charge in [-0.05, 0) is 41.4 Å². The topological polar surface area (TPSA) is 9.23 Å². The predicted molar refractivity (Wildman–Crippen MR) is 139 cm³/mol. The number of hydrogen-bond acceptors (Lipinski definition) is 1. The van der Waals surface area contributed by atoms with Crippen molar-refractivity contribution in [1.29, 1.82) is 0 Å². The molecule has 0 saturated carbocycles. The van der Waals surface area contributed by atoms with Crippen molar-refractivity contribution in [3.05, 3.63) is 132 Å². The van der Waals surface area contributed by atoms with Gasteiger partial charge in [0.25, 0.3) is 0 Å². The van der Waals surface area contributed by atoms with Gasteiger partial charge in [-0.1, -0.05) is 135 Å². The van der Waals surface area contributed by atoms with E-state index in [1.54, 1.807) is 0 Å². The lowest BCUT2D eigenvalue weighted by molar-refractivity contribution is 0.171. The molecule has 0 saturated heterocycles. The number of hydrogen-bond donors (Lipinski definition) is 0. The van der Waals surface area contributed by atoms with Crippen molar-refractivity contribution < 1.29 is 4.74 Å². The maximum absolute atomic E-state index is 6.31. The van der Waals surface area contributed by atoms with E-state index in [0.717, 1.165) is 30.3 Å². The van der Waals surface area contributed by atoms with Crippen LogP contribution in [0.25, 0.3) is 0 Å². The lowest BCUT2D eigenvalue weighted by atomic mass is 10.0. The highest BCUT2D eigenvalue weighted by Crippen LogP contribution is 2.33. The van der Waals surface area contributed by atoms with Crippen molar-refractivity contribution in [3.8, 4) is 0 Å². The van der Waals surface area contributed by atoms with Crippen molar-refractivity contribution in [2.24, 2.45) is 0 Å². The molecule has 0 fully saturated rings. The lowest BCUT2D eigenvalue weighted by Gasteiger charge is -2.21. The molecular weight excluding hydrogens is 407 g/mol. The molecule has 1 radical (unpaired) electrons. The van der Waals surface area contributed by atoms with Crippen LogP contribution in [0.2, 0.25) is 0 Å². The first-order chi connectivity index (χ1) is 15.9. The average Bonchev–Trinajstić information content (AvgIpc) is 2.87. The minimum Gasteiger partial charge on any atom is -0.362 e. The summed E-state index contributed by atoms with van der Waals surface area (Å²) in [5.41, 5.74) is 2.26. The summed E-state index contributed by atoms with van der Waals surface area (Å²) in [6.07, 6.45) is 4.44. The van der Waals surface area contributed by atoms with Gasteiger partial charge in [0.15, 0.2) is 6.10 Å². The molecule has 0 N–H and O–H groups in total. The number of ether oxygens (including phenoxy) is 1. The largest absolute Gasteiger partial charge is 0.362 e. The van der Waals surface area contributed by atoms with E-state index >= 15 is 0 Å². The zero-order chi connectivity index (χ0) is 22.0. The maximum atomic E-state index is 6.31. The zero-order valence-electron chi connectivity index (χ0n) is 18.7. The van der Waals surface area contributed by atoms with Crippen LogP contribution in [0, 0.1) is 6.10 Å². The molecule has 0 aromatic heterocycles. The first-order valence-electron chi connectivity index (χ1n) is 11.4. The van der Waals surface area contributed by atoms with E-state index in [9.17, 15) is 0 Å². The Hall–Kier alpha value is -2.73. The summed E-state index contributed by atoms with van der Waals surface area (Å²) in [4.78, 5) is 0. The van der Waals surface area contributed by atoms with Crippen molar-refractivity contribution in [2.75, 3.05) is 6.61 Å². The van der Waals surface area contributed by atoms with Gasteiger partial charge in [-0.2, -0.15) is 0 Å². The standard InChI is InChI=1S/C30H30OP/c1-2-3-13-24-31-30(25-14-7-4-8-15-25)26-20-22-29(23-21-26)32(27-16-9-5-10-17-27)28-18-11-6-12-19-28/h4-12,14-23H,2-3,13,24H2,1H3. The quantitative estimate of drug-likeness (QED) is 0.201. The molecule has 0 unspecified atom stereocenters. The molecule has 0 aliphatic rings. The van der Waals surface area contributed by atoms with Gasteiger partial charge in [-0.25, -0.2) is 0 Å². The Labute approximate surface area is 193 Å². The van der Waals surface area contributed by atoms with Gasteiger partial charge in [-0.3, -0.25) is 0 Å². The number of benzene rings is 4. The molecule has 161 valence electrons. The van der Waals surface area contributed by atoms with Crippen molar-refractivity contribution >= 4 is 23.8 Å². The summed E-state index contributed by atoms with van der Waals surface area (Å²) in [6.45, 7) is 2.97. The molecule has 4 rings (SSSR count). The SMILES string of the molecule is CCCCCO[C](c1ccccc1)c1ccc(P(c2ccccc2)c2ccccc2)cc1. The maximum Gasteiger partial charge on any atom is 0.155 e. The Morgan fingerprint density at radius 1 is 0.562 bits per heavy atom. The van der Waals surface area contributed by atoms with E-state index < -0.39 is 7.92 Å². The summed E-state index contributed by atoms with van der Waals surface area (Å²) >= 11 is 0. The van der Waals surface area contributed by atoms with E-state index in [-0.39, 0.29) is 0 Å². The smallest absolute Gasteiger partial charge is 0.155 e. The molecule has 2 heteroatoms. The molecule has 0 spiro atoms. The van der Waals surface area contributed by atoms with E-state index in [2.05, 4.69) is 116 Å². The van der Waals surface area contributed by atoms with Gasteiger partial charge in [0.05, 0.1) is 0 Å². The number of rotatable bonds is 10. The van der Waals surface area contributed by atoms with E-state index in [0.29, 0.717) is 0 Å². The zero-order valence-corrected chi connectivity index (χ0v) is 19.5. The van der Waals surface area contributed by atoms with Crippen LogP contribution in [-0.2, 0) is 4.74 Å². The molecule has 0 bridgehead atoms. The lowest BCUT2D eigenvalue weighted by Crippen LogP contribution is -2.20. The van der Waals surface area contributed by atoms with Crippen LogP contribution in [0.3, 0.4) is 0 Å². The summed E-state index contributed by atoms with van der Waals surface area (Å²) in [5.74, 6) is 0. The van der Waals surface area contributed by atoms with Gasteiger partial charge in [0.1, 0.15) is 0 Å². The Balaban J connectivity index is 1.64. The highest BCUT2D eigenvalue weighted by molar-refractivity contribution is 7.79. The minimum atomic E-state index is -0.598. The summed E-state index contributed by atoms with van der Waals surface area (Å²) < 4.78 is 6.31. The highest BCUT2D eigenvalue weighted by Gasteiger charge is 2.19. The van der Waals surface area contributed by atoms with Crippen molar-refractivity contribution in [1.82, 2.24) is 0 Å². The molecule has 32 heavy (non-hydrogen) atoms. The van der Waals surface area contributed by atoms with Crippen molar-refractivity contribution in [3.63, 3.8) is 0 Å². The molecule has 1 nitrogen and oxygen atoms in total. The van der Waals surface area contributed by atoms with Crippen molar-refractivity contribution in [2.45, 2.75) is 26.2 Å². The first-order valence-corrected chi connectivity index (χ1v) is 12.8. The van der Waals surface area contributed by atoms with E-state index in [4.69, 9.17) is 4.74 Å². The first kappa shape index (κ1) is 22.5. The Bertz CT molecular complexity index is 1010. The molecule has 0 amide bonds. The van der Waals surface area contributed by atoms with Crippen LogP contribution in [0.4, 0.5) is 0 Å². The fraction of sp³-hybridized carbons (Fsp3) is 0.167. The third-order valence-electron chi connectivity index (χ3n) is 5.45. The number of unbranched alkanes of at least 4 members (excludes halogenated alkanes) is 2. The molecule has 0 heterocycles. The summed E-state index contributed by atoms with van der Waals surface area (Å²) in [5, 5.41) is 4.08. The third-order valence-corrected chi connectivity index (χ3v) is 7.89. The average molecular weight is 438 g/mol. The molecule has 0 atom stereocenters. The fourth-order valence-electron chi connectivity index (χ4n) is 3.81. The predicted octanol–water partition coefficient (Wildman–Crippen LogP) is 6.58. The molecule has 0 aliphatic heterocycles. The minimum absolute atomic E-state index is 0.598. The molecule has 0 aliphatic carbocycles. The molecule has 4 aromatic carbocycles. The van der Waals surface area contributed by atoms with E-state index in [1.165, 1.54) is 28.8 Å². The van der Waals surface area contributed by atoms with Crippen LogP contribution < -0.4 is 15.9 Å². The second-order valence-corrected chi connectivity index (χ2v) is 10.0. The van der Waals surface area contributed by atoms with Crippen LogP contribution in [0.1, 0.15) is 37.3 Å². The molecule has 4 aromatic rings. The van der Waals surface area contributed by atoms with E-state index in [1.807, 2.05) is 6.07 Å². The Morgan fingerprint density at radius 2 is 1.03 bits per heavy atom. The van der Waals surface area contributed by atoms with Gasteiger partial charge in [0, 0.05) is 6.61 Å². The Morgan fingerprint density at radius 3 is 1.56 bits per heavy atom. The summed E-state index contributed by atoms with van der Waals surface area (Å²) in [6, 6.07) is 41.1. The van der Waals surface area contributed by atoms with Crippen LogP contribution >= 0.6 is 7.92 Å². The third kappa shape index (κ3) is 5.74. The second-order valence-electron chi connectivity index (χ2n) is 7.80. The van der Waals surface area contributed by atoms with Gasteiger partial charge < -0.3 is 4.74 Å². The second kappa shape index (κ2) is 11.8.